The van der Waals surface area contributed by atoms with Crippen LogP contribution in [-0.4, -0.2) is 43.5 Å². The summed E-state index contributed by atoms with van der Waals surface area (Å²) in [4.78, 5) is 4.04. The molecule has 0 radical (unpaired) electrons. The van der Waals surface area contributed by atoms with Crippen LogP contribution < -0.4 is 0 Å². The maximum absolute atomic E-state index is 12.8. The molecule has 1 aliphatic heterocycles. The zero-order valence-corrected chi connectivity index (χ0v) is 13.9. The van der Waals surface area contributed by atoms with Gasteiger partial charge in [-0.2, -0.15) is 4.31 Å². The summed E-state index contributed by atoms with van der Waals surface area (Å²) < 4.78 is 32.7. The second kappa shape index (κ2) is 4.91. The molecule has 7 heteroatoms. The first-order valence-electron chi connectivity index (χ1n) is 6.97. The molecule has 1 aromatic heterocycles. The van der Waals surface area contributed by atoms with Crippen LogP contribution in [0.4, 0.5) is 0 Å². The molecule has 1 saturated heterocycles. The molecule has 0 spiro atoms. The molecule has 1 aliphatic carbocycles. The zero-order valence-electron chi connectivity index (χ0n) is 12.3. The summed E-state index contributed by atoms with van der Waals surface area (Å²) in [6.45, 7) is 4.85. The molecule has 2 aliphatic rings. The normalized spacial score (nSPS) is 31.0. The van der Waals surface area contributed by atoms with Gasteiger partial charge in [-0.15, -0.1) is 0 Å². The van der Waals surface area contributed by atoms with Gasteiger partial charge in [-0.3, -0.25) is 0 Å². The second-order valence-corrected chi connectivity index (χ2v) is 8.73. The van der Waals surface area contributed by atoms with Crippen LogP contribution in [-0.2, 0) is 14.8 Å². The minimum Gasteiger partial charge on any atom is -0.377 e. The fourth-order valence-corrected chi connectivity index (χ4v) is 5.46. The van der Waals surface area contributed by atoms with Crippen LogP contribution in [0.25, 0.3) is 0 Å². The molecular formula is C14H19ClN2O3S. The van der Waals surface area contributed by atoms with Gasteiger partial charge in [0.1, 0.15) is 10.0 Å². The number of fused-ring (bicyclic) bond motifs is 1. The van der Waals surface area contributed by atoms with E-state index in [4.69, 9.17) is 16.3 Å². The van der Waals surface area contributed by atoms with E-state index in [1.807, 2.05) is 0 Å². The highest BCUT2D eigenvalue weighted by molar-refractivity contribution is 7.89. The Morgan fingerprint density at radius 2 is 2.14 bits per heavy atom. The fraction of sp³-hybridized carbons (Fsp3) is 0.643. The Kier molecular flexibility index (Phi) is 3.56. The van der Waals surface area contributed by atoms with Crippen molar-refractivity contribution in [3.8, 4) is 0 Å². The van der Waals surface area contributed by atoms with Crippen molar-refractivity contribution >= 4 is 21.6 Å². The first-order chi connectivity index (χ1) is 9.76. The number of halogens is 1. The summed E-state index contributed by atoms with van der Waals surface area (Å²) >= 11 is 5.72. The van der Waals surface area contributed by atoms with Crippen molar-refractivity contribution in [1.29, 1.82) is 0 Å². The van der Waals surface area contributed by atoms with Crippen molar-refractivity contribution < 1.29 is 13.2 Å². The number of hydrogen-bond acceptors (Lipinski definition) is 4. The highest BCUT2D eigenvalue weighted by atomic mass is 35.5. The summed E-state index contributed by atoms with van der Waals surface area (Å²) in [6, 6.07) is 2.94. The van der Waals surface area contributed by atoms with Gasteiger partial charge in [0.15, 0.2) is 0 Å². The summed E-state index contributed by atoms with van der Waals surface area (Å²) in [5, 5.41) is 0.282. The number of nitrogens with zero attached hydrogens (tertiary/aromatic N) is 2. The van der Waals surface area contributed by atoms with E-state index in [0.717, 1.165) is 6.42 Å². The molecule has 0 N–H and O–H groups in total. The van der Waals surface area contributed by atoms with Crippen LogP contribution in [0.1, 0.15) is 20.3 Å². The standard InChI is InChI=1S/C14H19ClN2O3S/c1-14(2)12(10-6-7-20-13(10)14)17(3)21(18,19)9-4-5-11(15)16-8-9/h4-5,8,10,12-13H,6-7H2,1-3H3. The van der Waals surface area contributed by atoms with E-state index >= 15 is 0 Å². The number of pyridine rings is 1. The smallest absolute Gasteiger partial charge is 0.244 e. The molecule has 21 heavy (non-hydrogen) atoms. The number of hydrogen-bond donors (Lipinski definition) is 0. The van der Waals surface area contributed by atoms with Crippen molar-refractivity contribution in [2.24, 2.45) is 11.3 Å². The Hall–Kier alpha value is -0.690. The van der Waals surface area contributed by atoms with Gasteiger partial charge in [-0.1, -0.05) is 25.4 Å². The monoisotopic (exact) mass is 330 g/mol. The minimum atomic E-state index is -3.57. The van der Waals surface area contributed by atoms with Crippen molar-refractivity contribution in [3.63, 3.8) is 0 Å². The van der Waals surface area contributed by atoms with Crippen LogP contribution in [0.2, 0.25) is 5.15 Å². The predicted molar refractivity (Wildman–Crippen MR) is 79.6 cm³/mol. The van der Waals surface area contributed by atoms with Gasteiger partial charge < -0.3 is 4.74 Å². The molecule has 1 saturated carbocycles. The SMILES string of the molecule is CN(C1C2CCOC2C1(C)C)S(=O)(=O)c1ccc(Cl)nc1. The lowest BCUT2D eigenvalue weighted by Gasteiger charge is -2.57. The number of ether oxygens (including phenoxy) is 1. The van der Waals surface area contributed by atoms with Gasteiger partial charge in [0.2, 0.25) is 10.0 Å². The maximum Gasteiger partial charge on any atom is 0.244 e. The molecule has 0 amide bonds. The topological polar surface area (TPSA) is 59.5 Å². The van der Waals surface area contributed by atoms with Crippen LogP contribution in [0.3, 0.4) is 0 Å². The molecule has 2 heterocycles. The first-order valence-corrected chi connectivity index (χ1v) is 8.79. The van der Waals surface area contributed by atoms with Gasteiger partial charge >= 0.3 is 0 Å². The van der Waals surface area contributed by atoms with Crippen molar-refractivity contribution in [1.82, 2.24) is 9.29 Å². The Morgan fingerprint density at radius 3 is 2.76 bits per heavy atom. The fourth-order valence-electron chi connectivity index (χ4n) is 3.87. The highest BCUT2D eigenvalue weighted by Gasteiger charge is 2.62. The van der Waals surface area contributed by atoms with E-state index < -0.39 is 10.0 Å². The van der Waals surface area contributed by atoms with E-state index in [2.05, 4.69) is 18.8 Å². The van der Waals surface area contributed by atoms with E-state index in [1.165, 1.54) is 22.6 Å². The zero-order chi connectivity index (χ0) is 15.4. The van der Waals surface area contributed by atoms with Crippen LogP contribution in [0.5, 0.6) is 0 Å². The quantitative estimate of drug-likeness (QED) is 0.797. The third kappa shape index (κ3) is 2.20. The summed E-state index contributed by atoms with van der Waals surface area (Å²) in [5.41, 5.74) is -0.178. The molecular weight excluding hydrogens is 312 g/mol. The largest absolute Gasteiger partial charge is 0.377 e. The van der Waals surface area contributed by atoms with E-state index in [9.17, 15) is 8.42 Å². The summed E-state index contributed by atoms with van der Waals surface area (Å²) in [5.74, 6) is 0.278. The lowest BCUT2D eigenvalue weighted by Crippen LogP contribution is -2.66. The van der Waals surface area contributed by atoms with Crippen LogP contribution in [0, 0.1) is 11.3 Å². The lowest BCUT2D eigenvalue weighted by molar-refractivity contribution is -0.131. The Morgan fingerprint density at radius 1 is 1.43 bits per heavy atom. The first kappa shape index (κ1) is 15.2. The van der Waals surface area contributed by atoms with Crippen molar-refractivity contribution in [2.45, 2.75) is 37.3 Å². The average molecular weight is 331 g/mol. The number of rotatable bonds is 3. The van der Waals surface area contributed by atoms with Gasteiger partial charge in [-0.25, -0.2) is 13.4 Å². The number of aromatic nitrogens is 1. The third-order valence-corrected chi connectivity index (χ3v) is 6.85. The average Bonchev–Trinajstić information content (AvgIpc) is 2.85. The Bertz CT molecular complexity index is 645. The van der Waals surface area contributed by atoms with Crippen molar-refractivity contribution in [2.75, 3.05) is 13.7 Å². The highest BCUT2D eigenvalue weighted by Crippen LogP contribution is 2.55. The van der Waals surface area contributed by atoms with Gasteiger partial charge in [0, 0.05) is 37.2 Å². The molecule has 0 bridgehead atoms. The van der Waals surface area contributed by atoms with Gasteiger partial charge in [0.25, 0.3) is 0 Å². The minimum absolute atomic E-state index is 0.0503. The molecule has 116 valence electrons. The summed E-state index contributed by atoms with van der Waals surface area (Å²) in [7, 11) is -1.93. The third-order valence-electron chi connectivity index (χ3n) is 4.81. The van der Waals surface area contributed by atoms with E-state index in [-0.39, 0.29) is 33.5 Å². The number of sulfonamides is 1. The molecule has 3 unspecified atom stereocenters. The molecule has 0 aromatic carbocycles. The molecule has 1 aromatic rings. The van der Waals surface area contributed by atoms with E-state index in [0.29, 0.717) is 6.61 Å². The van der Waals surface area contributed by atoms with E-state index in [1.54, 1.807) is 7.05 Å². The molecule has 3 atom stereocenters. The lowest BCUT2D eigenvalue weighted by atomic mass is 9.57. The van der Waals surface area contributed by atoms with Crippen LogP contribution in [0.15, 0.2) is 23.2 Å². The molecule has 2 fully saturated rings. The van der Waals surface area contributed by atoms with Crippen molar-refractivity contribution in [3.05, 3.63) is 23.5 Å². The molecule has 5 nitrogen and oxygen atoms in total. The predicted octanol–water partition coefficient (Wildman–Crippen LogP) is 2.17. The maximum atomic E-state index is 12.8. The van der Waals surface area contributed by atoms with Gasteiger partial charge in [0.05, 0.1) is 6.10 Å². The summed E-state index contributed by atoms with van der Waals surface area (Å²) in [6.07, 6.45) is 2.38. The second-order valence-electron chi connectivity index (χ2n) is 6.35. The Balaban J connectivity index is 1.91. The van der Waals surface area contributed by atoms with Gasteiger partial charge in [-0.05, 0) is 18.6 Å². The molecule has 3 rings (SSSR count). The van der Waals surface area contributed by atoms with Crippen LogP contribution >= 0.6 is 11.6 Å². The Labute approximate surface area is 130 Å².